The number of aromatic nitrogens is 2. The van der Waals surface area contributed by atoms with Crippen LogP contribution in [0.15, 0.2) is 34.2 Å². The van der Waals surface area contributed by atoms with E-state index in [1.54, 1.807) is 4.57 Å². The smallest absolute Gasteiger partial charge is 0.263 e. The molecule has 2 aromatic heterocycles. The van der Waals surface area contributed by atoms with Crippen molar-refractivity contribution in [2.24, 2.45) is 0 Å². The summed E-state index contributed by atoms with van der Waals surface area (Å²) in [7, 11) is 3.99. The zero-order valence-corrected chi connectivity index (χ0v) is 19.9. The van der Waals surface area contributed by atoms with Crippen molar-refractivity contribution in [2.45, 2.75) is 45.4 Å². The van der Waals surface area contributed by atoms with Crippen molar-refractivity contribution in [1.82, 2.24) is 14.9 Å². The maximum atomic E-state index is 13.1. The molecule has 0 saturated carbocycles. The number of benzene rings is 1. The third-order valence-corrected chi connectivity index (χ3v) is 7.05. The van der Waals surface area contributed by atoms with Gasteiger partial charge < -0.3 is 10.2 Å². The van der Waals surface area contributed by atoms with Gasteiger partial charge in [-0.2, -0.15) is 0 Å². The highest BCUT2D eigenvalue weighted by molar-refractivity contribution is 7.99. The number of rotatable bonds is 7. The van der Waals surface area contributed by atoms with Gasteiger partial charge in [0, 0.05) is 37.2 Å². The third-order valence-electron chi connectivity index (χ3n) is 4.99. The van der Waals surface area contributed by atoms with Crippen molar-refractivity contribution < 1.29 is 4.79 Å². The summed E-state index contributed by atoms with van der Waals surface area (Å²) in [4.78, 5) is 34.1. The molecule has 0 aliphatic rings. The van der Waals surface area contributed by atoms with Gasteiger partial charge in [-0.3, -0.25) is 14.2 Å². The maximum absolute atomic E-state index is 13.1. The summed E-state index contributed by atoms with van der Waals surface area (Å²) < 4.78 is 1.69. The molecular weight excluding hydrogens is 416 g/mol. The number of hydrogen-bond acceptors (Lipinski definition) is 6. The van der Waals surface area contributed by atoms with E-state index < -0.39 is 0 Å². The van der Waals surface area contributed by atoms with Crippen LogP contribution < -0.4 is 15.8 Å². The number of carbonyl (C=O) groups is 1. The van der Waals surface area contributed by atoms with Crippen LogP contribution in [0.1, 0.15) is 35.9 Å². The first-order chi connectivity index (χ1) is 14.2. The van der Waals surface area contributed by atoms with Gasteiger partial charge in [0.2, 0.25) is 5.91 Å². The molecule has 1 amide bonds. The van der Waals surface area contributed by atoms with Crippen molar-refractivity contribution in [3.05, 3.63) is 50.6 Å². The van der Waals surface area contributed by atoms with Gasteiger partial charge in [0.1, 0.15) is 4.83 Å². The first kappa shape index (κ1) is 22.4. The number of nitrogens with one attached hydrogen (secondary N) is 1. The summed E-state index contributed by atoms with van der Waals surface area (Å²) in [5.74, 6) is 0.129. The van der Waals surface area contributed by atoms with Crippen molar-refractivity contribution >= 4 is 44.9 Å². The number of aryl methyl sites for hydroxylation is 2. The summed E-state index contributed by atoms with van der Waals surface area (Å²) >= 11 is 2.84. The molecule has 0 saturated heterocycles. The van der Waals surface area contributed by atoms with Crippen LogP contribution in [-0.4, -0.2) is 35.3 Å². The highest BCUT2D eigenvalue weighted by atomic mass is 32.2. The maximum Gasteiger partial charge on any atom is 0.263 e. The molecule has 0 bridgehead atoms. The lowest BCUT2D eigenvalue weighted by atomic mass is 10.2. The van der Waals surface area contributed by atoms with Crippen LogP contribution in [0.3, 0.4) is 0 Å². The average Bonchev–Trinajstić information content (AvgIpc) is 2.98. The summed E-state index contributed by atoms with van der Waals surface area (Å²) in [5, 5.41) is 4.23. The van der Waals surface area contributed by atoms with Gasteiger partial charge in [-0.05, 0) is 51.0 Å². The molecule has 0 aliphatic heterocycles. The van der Waals surface area contributed by atoms with E-state index in [1.165, 1.54) is 23.1 Å². The van der Waals surface area contributed by atoms with E-state index in [2.05, 4.69) is 5.32 Å². The number of nitrogens with zero attached hydrogens (tertiary/aromatic N) is 3. The third kappa shape index (κ3) is 4.70. The molecule has 0 spiro atoms. The highest BCUT2D eigenvalue weighted by Gasteiger charge is 2.19. The van der Waals surface area contributed by atoms with E-state index >= 15 is 0 Å². The molecular formula is C22H28N4O2S2. The van der Waals surface area contributed by atoms with E-state index in [0.29, 0.717) is 17.1 Å². The Balaban J connectivity index is 1.71. The second-order valence-electron chi connectivity index (χ2n) is 7.75. The van der Waals surface area contributed by atoms with Crippen LogP contribution in [0.4, 0.5) is 5.69 Å². The Kier molecular flexibility index (Phi) is 6.88. The quantitative estimate of drug-likeness (QED) is 0.438. The lowest BCUT2D eigenvalue weighted by molar-refractivity contribution is -0.118. The Hall–Kier alpha value is -2.32. The number of thioether (sulfide) groups is 1. The van der Waals surface area contributed by atoms with Gasteiger partial charge >= 0.3 is 0 Å². The minimum atomic E-state index is -0.0834. The van der Waals surface area contributed by atoms with Crippen LogP contribution in [0.5, 0.6) is 0 Å². The van der Waals surface area contributed by atoms with Crippen molar-refractivity contribution in [3.8, 4) is 0 Å². The number of fused-ring (bicyclic) bond motifs is 1. The predicted octanol–water partition coefficient (Wildman–Crippen LogP) is 4.13. The van der Waals surface area contributed by atoms with Crippen molar-refractivity contribution in [3.63, 3.8) is 0 Å². The van der Waals surface area contributed by atoms with Gasteiger partial charge in [0.15, 0.2) is 5.16 Å². The van der Waals surface area contributed by atoms with E-state index in [4.69, 9.17) is 4.98 Å². The molecule has 2 heterocycles. The molecule has 0 atom stereocenters. The molecule has 0 unspecified atom stereocenters. The summed E-state index contributed by atoms with van der Waals surface area (Å²) in [6, 6.07) is 8.05. The van der Waals surface area contributed by atoms with Crippen LogP contribution in [0.25, 0.3) is 10.2 Å². The van der Waals surface area contributed by atoms with Crippen LogP contribution in [0.2, 0.25) is 0 Å². The Labute approximate surface area is 185 Å². The second-order valence-corrected chi connectivity index (χ2v) is 9.90. The van der Waals surface area contributed by atoms with Crippen molar-refractivity contribution in [1.29, 1.82) is 0 Å². The fourth-order valence-electron chi connectivity index (χ4n) is 3.14. The van der Waals surface area contributed by atoms with Gasteiger partial charge in [-0.25, -0.2) is 4.98 Å². The van der Waals surface area contributed by atoms with Gasteiger partial charge in [-0.1, -0.05) is 23.9 Å². The molecule has 0 aliphatic carbocycles. The monoisotopic (exact) mass is 444 g/mol. The van der Waals surface area contributed by atoms with Crippen LogP contribution in [-0.2, 0) is 11.3 Å². The fraction of sp³-hybridized carbons (Fsp3) is 0.409. The first-order valence-corrected chi connectivity index (χ1v) is 11.7. The molecule has 30 heavy (non-hydrogen) atoms. The minimum absolute atomic E-state index is 0.0271. The largest absolute Gasteiger partial charge is 0.378 e. The Morgan fingerprint density at radius 3 is 2.50 bits per heavy atom. The Morgan fingerprint density at radius 2 is 1.90 bits per heavy atom. The Bertz CT molecular complexity index is 1110. The fourth-order valence-corrected chi connectivity index (χ4v) is 5.17. The van der Waals surface area contributed by atoms with E-state index in [1.807, 2.05) is 71.0 Å². The van der Waals surface area contributed by atoms with Gasteiger partial charge in [0.05, 0.1) is 11.1 Å². The van der Waals surface area contributed by atoms with E-state index in [0.717, 1.165) is 26.5 Å². The van der Waals surface area contributed by atoms with Crippen molar-refractivity contribution in [2.75, 3.05) is 24.7 Å². The highest BCUT2D eigenvalue weighted by Crippen LogP contribution is 2.29. The molecule has 6 nitrogen and oxygen atoms in total. The summed E-state index contributed by atoms with van der Waals surface area (Å²) in [6.45, 7) is 8.37. The molecule has 1 aromatic carbocycles. The number of anilines is 1. The van der Waals surface area contributed by atoms with Gasteiger partial charge in [-0.15, -0.1) is 11.3 Å². The Morgan fingerprint density at radius 1 is 1.23 bits per heavy atom. The zero-order chi connectivity index (χ0) is 22.0. The minimum Gasteiger partial charge on any atom is -0.378 e. The first-order valence-electron chi connectivity index (χ1n) is 9.87. The van der Waals surface area contributed by atoms with E-state index in [9.17, 15) is 9.59 Å². The van der Waals surface area contributed by atoms with Crippen LogP contribution in [0, 0.1) is 13.8 Å². The average molecular weight is 445 g/mol. The molecule has 3 rings (SSSR count). The molecule has 0 fully saturated rings. The van der Waals surface area contributed by atoms with Gasteiger partial charge in [0.25, 0.3) is 5.56 Å². The predicted molar refractivity (Wildman–Crippen MR) is 127 cm³/mol. The molecule has 3 aromatic rings. The molecule has 160 valence electrons. The molecule has 8 heteroatoms. The number of thiophene rings is 1. The standard InChI is InChI=1S/C22H28N4O2S2/c1-13(2)26-21(28)19-14(3)15(4)30-20(19)24-22(26)29-12-18(27)23-11-16-7-9-17(10-8-16)25(5)6/h7-10,13H,11-12H2,1-6H3,(H,23,27). The number of amides is 1. The SMILES string of the molecule is Cc1sc2nc(SCC(=O)NCc3ccc(N(C)C)cc3)n(C(C)C)c(=O)c2c1C. The number of carbonyl (C=O) groups excluding carboxylic acids is 1. The topological polar surface area (TPSA) is 67.2 Å². The number of hydrogen-bond donors (Lipinski definition) is 1. The summed E-state index contributed by atoms with van der Waals surface area (Å²) in [6.07, 6.45) is 0. The molecule has 1 N–H and O–H groups in total. The molecule has 0 radical (unpaired) electrons. The zero-order valence-electron chi connectivity index (χ0n) is 18.3. The lowest BCUT2D eigenvalue weighted by Crippen LogP contribution is -2.27. The van der Waals surface area contributed by atoms with Crippen LogP contribution >= 0.6 is 23.1 Å². The summed E-state index contributed by atoms with van der Waals surface area (Å²) in [5.41, 5.74) is 3.13. The lowest BCUT2D eigenvalue weighted by Gasteiger charge is -2.15. The van der Waals surface area contributed by atoms with E-state index in [-0.39, 0.29) is 23.3 Å². The second kappa shape index (κ2) is 9.22. The normalized spacial score (nSPS) is 11.3.